The van der Waals surface area contributed by atoms with Crippen LogP contribution in [0.25, 0.3) is 0 Å². The molecule has 2 aromatic heterocycles. The first-order chi connectivity index (χ1) is 11.0. The molecule has 6 heteroatoms. The summed E-state index contributed by atoms with van der Waals surface area (Å²) in [6.07, 6.45) is 3.43. The lowest BCUT2D eigenvalue weighted by Crippen LogP contribution is -2.30. The summed E-state index contributed by atoms with van der Waals surface area (Å²) in [5, 5.41) is 2.97. The Morgan fingerprint density at radius 3 is 2.48 bits per heavy atom. The lowest BCUT2D eigenvalue weighted by atomic mass is 10.1. The Morgan fingerprint density at radius 2 is 1.87 bits per heavy atom. The van der Waals surface area contributed by atoms with Gasteiger partial charge in [-0.2, -0.15) is 0 Å². The Kier molecular flexibility index (Phi) is 5.62. The molecule has 0 spiro atoms. The second-order valence-corrected chi connectivity index (χ2v) is 5.34. The van der Waals surface area contributed by atoms with Crippen molar-refractivity contribution in [1.82, 2.24) is 20.3 Å². The third-order valence-corrected chi connectivity index (χ3v) is 3.68. The highest BCUT2D eigenvalue weighted by atomic mass is 16.1. The first kappa shape index (κ1) is 16.9. The van der Waals surface area contributed by atoms with Crippen molar-refractivity contribution in [2.45, 2.75) is 33.7 Å². The maximum Gasteiger partial charge on any atom is 0.270 e. The molecule has 0 unspecified atom stereocenters. The number of nitrogens with one attached hydrogen (secondary N) is 1. The molecule has 122 valence electrons. The van der Waals surface area contributed by atoms with E-state index in [1.54, 1.807) is 18.5 Å². The van der Waals surface area contributed by atoms with Crippen LogP contribution in [0.5, 0.6) is 0 Å². The van der Waals surface area contributed by atoms with Gasteiger partial charge in [0.15, 0.2) is 0 Å². The molecule has 0 aliphatic carbocycles. The van der Waals surface area contributed by atoms with E-state index in [0.717, 1.165) is 24.3 Å². The number of aryl methyl sites for hydroxylation is 1. The highest BCUT2D eigenvalue weighted by Gasteiger charge is 2.16. The minimum Gasteiger partial charge on any atom is -0.344 e. The van der Waals surface area contributed by atoms with Crippen molar-refractivity contribution in [3.8, 4) is 0 Å². The molecule has 2 heterocycles. The van der Waals surface area contributed by atoms with E-state index in [4.69, 9.17) is 0 Å². The van der Waals surface area contributed by atoms with Crippen LogP contribution in [0.2, 0.25) is 0 Å². The first-order valence-electron chi connectivity index (χ1n) is 7.86. The minimum absolute atomic E-state index is 0.113. The number of nitrogens with zero attached hydrogens (tertiary/aromatic N) is 4. The van der Waals surface area contributed by atoms with Crippen LogP contribution in [-0.2, 0) is 0 Å². The lowest BCUT2D eigenvalue weighted by molar-refractivity contribution is 0.0934. The molecule has 0 aliphatic heterocycles. The normalized spacial score (nSPS) is 11.8. The fourth-order valence-electron chi connectivity index (χ4n) is 2.32. The number of hydrogen-bond acceptors (Lipinski definition) is 5. The van der Waals surface area contributed by atoms with Gasteiger partial charge in [0.25, 0.3) is 5.91 Å². The van der Waals surface area contributed by atoms with E-state index < -0.39 is 0 Å². The zero-order valence-corrected chi connectivity index (χ0v) is 14.1. The van der Waals surface area contributed by atoms with Gasteiger partial charge in [0, 0.05) is 31.2 Å². The van der Waals surface area contributed by atoms with Gasteiger partial charge in [0.05, 0.1) is 6.04 Å². The van der Waals surface area contributed by atoms with Gasteiger partial charge in [0.2, 0.25) is 5.95 Å². The average Bonchev–Trinajstić information content (AvgIpc) is 2.56. The molecule has 0 saturated carbocycles. The quantitative estimate of drug-likeness (QED) is 0.887. The molecule has 0 aromatic carbocycles. The molecule has 2 rings (SSSR count). The van der Waals surface area contributed by atoms with Gasteiger partial charge in [-0.3, -0.25) is 9.78 Å². The van der Waals surface area contributed by atoms with Gasteiger partial charge in [0.1, 0.15) is 5.69 Å². The first-order valence-corrected chi connectivity index (χ1v) is 7.86. The Hall–Kier alpha value is -2.50. The predicted molar refractivity (Wildman–Crippen MR) is 90.4 cm³/mol. The van der Waals surface area contributed by atoms with Crippen LogP contribution in [0.1, 0.15) is 48.6 Å². The van der Waals surface area contributed by atoms with Crippen LogP contribution < -0.4 is 10.2 Å². The standard InChI is InChI=1S/C17H23N5O/c1-5-22(6-2)17-19-12(3)11-15(21-17)16(23)20-13(4)14-7-9-18-10-8-14/h7-11,13H,5-6H2,1-4H3,(H,20,23)/t13-/m0/s1. The van der Waals surface area contributed by atoms with Crippen molar-refractivity contribution < 1.29 is 4.79 Å². The maximum atomic E-state index is 12.5. The van der Waals surface area contributed by atoms with Gasteiger partial charge in [-0.25, -0.2) is 9.97 Å². The molecule has 1 N–H and O–H groups in total. The van der Waals surface area contributed by atoms with Crippen LogP contribution in [0.4, 0.5) is 5.95 Å². The van der Waals surface area contributed by atoms with Crippen molar-refractivity contribution in [2.75, 3.05) is 18.0 Å². The van der Waals surface area contributed by atoms with Crippen molar-refractivity contribution in [3.63, 3.8) is 0 Å². The molecule has 1 atom stereocenters. The number of carbonyl (C=O) groups excluding carboxylic acids is 1. The van der Waals surface area contributed by atoms with Crippen molar-refractivity contribution >= 4 is 11.9 Å². The third-order valence-electron chi connectivity index (χ3n) is 3.68. The molecule has 0 radical (unpaired) electrons. The van der Waals surface area contributed by atoms with Gasteiger partial charge in [-0.1, -0.05) is 0 Å². The summed E-state index contributed by atoms with van der Waals surface area (Å²) in [7, 11) is 0. The summed E-state index contributed by atoms with van der Waals surface area (Å²) in [5.74, 6) is 0.393. The smallest absolute Gasteiger partial charge is 0.270 e. The Balaban J connectivity index is 2.19. The zero-order valence-electron chi connectivity index (χ0n) is 14.1. The fourth-order valence-corrected chi connectivity index (χ4v) is 2.32. The molecule has 0 fully saturated rings. The number of pyridine rings is 1. The number of anilines is 1. The molecule has 2 aromatic rings. The van der Waals surface area contributed by atoms with E-state index in [1.165, 1.54) is 0 Å². The van der Waals surface area contributed by atoms with Crippen LogP contribution in [0, 0.1) is 6.92 Å². The predicted octanol–water partition coefficient (Wildman–Crippen LogP) is 2.52. The van der Waals surface area contributed by atoms with Crippen LogP contribution in [-0.4, -0.2) is 33.9 Å². The molecule has 0 bridgehead atoms. The molecule has 1 amide bonds. The monoisotopic (exact) mass is 313 g/mol. The molecule has 0 saturated heterocycles. The van der Waals surface area contributed by atoms with Crippen molar-refractivity contribution in [2.24, 2.45) is 0 Å². The number of aromatic nitrogens is 3. The summed E-state index contributed by atoms with van der Waals surface area (Å²) in [6, 6.07) is 5.37. The van der Waals surface area contributed by atoms with E-state index in [1.807, 2.05) is 44.7 Å². The highest BCUT2D eigenvalue weighted by Crippen LogP contribution is 2.13. The van der Waals surface area contributed by atoms with Gasteiger partial charge in [-0.05, 0) is 51.5 Å². The summed E-state index contributed by atoms with van der Waals surface area (Å²) in [5.41, 5.74) is 2.17. The van der Waals surface area contributed by atoms with E-state index in [0.29, 0.717) is 11.6 Å². The molecule has 6 nitrogen and oxygen atoms in total. The summed E-state index contributed by atoms with van der Waals surface area (Å²) in [4.78, 5) is 27.3. The van der Waals surface area contributed by atoms with Crippen LogP contribution >= 0.6 is 0 Å². The largest absolute Gasteiger partial charge is 0.344 e. The molecule has 23 heavy (non-hydrogen) atoms. The van der Waals surface area contributed by atoms with E-state index in [2.05, 4.69) is 20.3 Å². The summed E-state index contributed by atoms with van der Waals surface area (Å²) < 4.78 is 0. The van der Waals surface area contributed by atoms with E-state index in [9.17, 15) is 4.79 Å². The zero-order chi connectivity index (χ0) is 16.8. The Bertz CT molecular complexity index is 655. The van der Waals surface area contributed by atoms with E-state index in [-0.39, 0.29) is 11.9 Å². The Labute approximate surface area is 137 Å². The van der Waals surface area contributed by atoms with Crippen molar-refractivity contribution in [1.29, 1.82) is 0 Å². The van der Waals surface area contributed by atoms with Gasteiger partial charge >= 0.3 is 0 Å². The number of amides is 1. The minimum atomic E-state index is -0.201. The molecular weight excluding hydrogens is 290 g/mol. The summed E-state index contributed by atoms with van der Waals surface area (Å²) >= 11 is 0. The maximum absolute atomic E-state index is 12.5. The van der Waals surface area contributed by atoms with Crippen molar-refractivity contribution in [3.05, 3.63) is 47.5 Å². The van der Waals surface area contributed by atoms with Crippen LogP contribution in [0.15, 0.2) is 30.6 Å². The molecular formula is C17H23N5O. The van der Waals surface area contributed by atoms with Crippen LogP contribution in [0.3, 0.4) is 0 Å². The topological polar surface area (TPSA) is 71.0 Å². The summed E-state index contributed by atoms with van der Waals surface area (Å²) in [6.45, 7) is 9.49. The SMILES string of the molecule is CCN(CC)c1nc(C)cc(C(=O)N[C@@H](C)c2ccncc2)n1. The van der Waals surface area contributed by atoms with Gasteiger partial charge < -0.3 is 10.2 Å². The number of hydrogen-bond donors (Lipinski definition) is 1. The van der Waals surface area contributed by atoms with Gasteiger partial charge in [-0.15, -0.1) is 0 Å². The highest BCUT2D eigenvalue weighted by molar-refractivity contribution is 5.92. The number of carbonyl (C=O) groups is 1. The lowest BCUT2D eigenvalue weighted by Gasteiger charge is -2.20. The Morgan fingerprint density at radius 1 is 1.22 bits per heavy atom. The molecule has 0 aliphatic rings. The second kappa shape index (κ2) is 7.67. The third kappa shape index (κ3) is 4.25. The van der Waals surface area contributed by atoms with E-state index >= 15 is 0 Å². The second-order valence-electron chi connectivity index (χ2n) is 5.34. The average molecular weight is 313 g/mol. The number of rotatable bonds is 6. The fraction of sp³-hybridized carbons (Fsp3) is 0.412.